The number of hydrogen-bond donors (Lipinski definition) is 1. The van der Waals surface area contributed by atoms with Crippen LogP contribution in [0.15, 0.2) is 48.8 Å². The molecule has 0 bridgehead atoms. The number of aliphatic hydroxyl groups is 1. The monoisotopic (exact) mass is 282 g/mol. The van der Waals surface area contributed by atoms with Crippen LogP contribution in [0.1, 0.15) is 11.1 Å². The molecule has 0 saturated carbocycles. The van der Waals surface area contributed by atoms with Crippen molar-refractivity contribution in [2.24, 2.45) is 0 Å². The van der Waals surface area contributed by atoms with Crippen LogP contribution < -0.4 is 4.74 Å². The average molecular weight is 282 g/mol. The van der Waals surface area contributed by atoms with Crippen LogP contribution in [0.25, 0.3) is 11.0 Å². The first-order valence-electron chi connectivity index (χ1n) is 6.95. The summed E-state index contributed by atoms with van der Waals surface area (Å²) in [6, 6.07) is 13.8. The summed E-state index contributed by atoms with van der Waals surface area (Å²) < 4.78 is 7.55. The quantitative estimate of drug-likeness (QED) is 0.748. The SMILES string of the molecule is Cc1ccc(C)c(O[C@H](O)Cn2cnc3ccccc32)c1. The van der Waals surface area contributed by atoms with Crippen molar-refractivity contribution in [1.29, 1.82) is 0 Å². The van der Waals surface area contributed by atoms with Gasteiger partial charge in [-0.05, 0) is 43.2 Å². The zero-order valence-electron chi connectivity index (χ0n) is 12.2. The molecule has 2 aromatic carbocycles. The molecule has 3 rings (SSSR count). The lowest BCUT2D eigenvalue weighted by Gasteiger charge is -2.16. The number of para-hydroxylation sites is 2. The first-order valence-corrected chi connectivity index (χ1v) is 6.95. The van der Waals surface area contributed by atoms with Gasteiger partial charge in [0.2, 0.25) is 6.29 Å². The average Bonchev–Trinajstić information content (AvgIpc) is 2.86. The number of aryl methyl sites for hydroxylation is 2. The molecule has 1 N–H and O–H groups in total. The van der Waals surface area contributed by atoms with Crippen molar-refractivity contribution < 1.29 is 9.84 Å². The van der Waals surface area contributed by atoms with Crippen molar-refractivity contribution in [2.45, 2.75) is 26.7 Å². The van der Waals surface area contributed by atoms with Crippen molar-refractivity contribution in [3.8, 4) is 5.75 Å². The van der Waals surface area contributed by atoms with Crippen LogP contribution in [0.5, 0.6) is 5.75 Å². The molecule has 0 amide bonds. The number of rotatable bonds is 4. The van der Waals surface area contributed by atoms with E-state index in [9.17, 15) is 5.11 Å². The first kappa shape index (κ1) is 13.6. The topological polar surface area (TPSA) is 47.3 Å². The van der Waals surface area contributed by atoms with Crippen molar-refractivity contribution >= 4 is 11.0 Å². The van der Waals surface area contributed by atoms with Gasteiger partial charge in [0.1, 0.15) is 5.75 Å². The fourth-order valence-corrected chi connectivity index (χ4v) is 2.34. The van der Waals surface area contributed by atoms with Crippen LogP contribution in [0.2, 0.25) is 0 Å². The molecule has 0 saturated heterocycles. The third-order valence-corrected chi connectivity index (χ3v) is 3.49. The van der Waals surface area contributed by atoms with Crippen molar-refractivity contribution in [3.05, 3.63) is 59.9 Å². The van der Waals surface area contributed by atoms with E-state index in [1.165, 1.54) is 0 Å². The summed E-state index contributed by atoms with van der Waals surface area (Å²) in [6.07, 6.45) is 0.809. The fourth-order valence-electron chi connectivity index (χ4n) is 2.34. The molecular formula is C17H18N2O2. The van der Waals surface area contributed by atoms with Gasteiger partial charge < -0.3 is 14.4 Å². The minimum absolute atomic E-state index is 0.341. The summed E-state index contributed by atoms with van der Waals surface area (Å²) in [4.78, 5) is 4.31. The molecule has 0 spiro atoms. The minimum atomic E-state index is -0.914. The van der Waals surface area contributed by atoms with E-state index in [1.54, 1.807) is 6.33 Å². The van der Waals surface area contributed by atoms with Crippen LogP contribution in [-0.2, 0) is 6.54 Å². The standard InChI is InChI=1S/C17H18N2O2/c1-12-7-8-13(2)16(9-12)21-17(20)10-19-11-18-14-5-3-4-6-15(14)19/h3-9,11,17,20H,10H2,1-2H3/t17-/m0/s1. The molecule has 0 aliphatic heterocycles. The number of benzene rings is 2. The smallest absolute Gasteiger partial charge is 0.215 e. The third kappa shape index (κ3) is 2.90. The van der Waals surface area contributed by atoms with Crippen LogP contribution in [0.3, 0.4) is 0 Å². The van der Waals surface area contributed by atoms with Crippen molar-refractivity contribution in [3.63, 3.8) is 0 Å². The number of nitrogens with zero attached hydrogens (tertiary/aromatic N) is 2. The summed E-state index contributed by atoms with van der Waals surface area (Å²) in [5.74, 6) is 0.715. The second kappa shape index (κ2) is 5.58. The van der Waals surface area contributed by atoms with Crippen LogP contribution in [0, 0.1) is 13.8 Å². The van der Waals surface area contributed by atoms with Gasteiger partial charge in [-0.1, -0.05) is 24.3 Å². The summed E-state index contributed by atoms with van der Waals surface area (Å²) in [5, 5.41) is 10.2. The van der Waals surface area contributed by atoms with Crippen LogP contribution in [0.4, 0.5) is 0 Å². The van der Waals surface area contributed by atoms with E-state index in [0.29, 0.717) is 12.3 Å². The summed E-state index contributed by atoms with van der Waals surface area (Å²) in [7, 11) is 0. The molecule has 0 fully saturated rings. The molecule has 1 atom stereocenters. The summed E-state index contributed by atoms with van der Waals surface area (Å²) in [5.41, 5.74) is 4.02. The molecular weight excluding hydrogens is 264 g/mol. The zero-order valence-corrected chi connectivity index (χ0v) is 12.2. The van der Waals surface area contributed by atoms with Gasteiger partial charge in [-0.2, -0.15) is 0 Å². The van der Waals surface area contributed by atoms with E-state index >= 15 is 0 Å². The maximum absolute atomic E-state index is 10.2. The Morgan fingerprint density at radius 1 is 1.19 bits per heavy atom. The van der Waals surface area contributed by atoms with E-state index in [2.05, 4.69) is 4.98 Å². The highest BCUT2D eigenvalue weighted by Gasteiger charge is 2.11. The number of aliphatic hydroxyl groups excluding tert-OH is 1. The highest BCUT2D eigenvalue weighted by molar-refractivity contribution is 5.74. The van der Waals surface area contributed by atoms with E-state index < -0.39 is 6.29 Å². The molecule has 21 heavy (non-hydrogen) atoms. The lowest BCUT2D eigenvalue weighted by Crippen LogP contribution is -2.22. The molecule has 0 unspecified atom stereocenters. The number of imidazole rings is 1. The maximum atomic E-state index is 10.2. The fraction of sp³-hybridized carbons (Fsp3) is 0.235. The predicted octanol–water partition coefficient (Wildman–Crippen LogP) is 3.05. The van der Waals surface area contributed by atoms with Gasteiger partial charge in [0, 0.05) is 0 Å². The lowest BCUT2D eigenvalue weighted by molar-refractivity contribution is -0.0291. The van der Waals surface area contributed by atoms with Crippen molar-refractivity contribution in [1.82, 2.24) is 9.55 Å². The van der Waals surface area contributed by atoms with Gasteiger partial charge in [-0.25, -0.2) is 4.98 Å². The van der Waals surface area contributed by atoms with Crippen LogP contribution in [-0.4, -0.2) is 20.9 Å². The van der Waals surface area contributed by atoms with Gasteiger partial charge in [-0.3, -0.25) is 0 Å². The Kier molecular flexibility index (Phi) is 3.62. The predicted molar refractivity (Wildman–Crippen MR) is 82.3 cm³/mol. The van der Waals surface area contributed by atoms with Gasteiger partial charge in [0.15, 0.2) is 0 Å². The first-order chi connectivity index (χ1) is 10.1. The Bertz CT molecular complexity index is 764. The second-order valence-corrected chi connectivity index (χ2v) is 5.23. The van der Waals surface area contributed by atoms with E-state index in [4.69, 9.17) is 4.74 Å². The second-order valence-electron chi connectivity index (χ2n) is 5.23. The molecule has 0 radical (unpaired) electrons. The molecule has 108 valence electrons. The molecule has 4 nitrogen and oxygen atoms in total. The molecule has 1 aromatic heterocycles. The van der Waals surface area contributed by atoms with Gasteiger partial charge in [0.25, 0.3) is 0 Å². The molecule has 0 aliphatic carbocycles. The Morgan fingerprint density at radius 3 is 2.86 bits per heavy atom. The number of hydrogen-bond acceptors (Lipinski definition) is 3. The molecule has 3 aromatic rings. The minimum Gasteiger partial charge on any atom is -0.463 e. The lowest BCUT2D eigenvalue weighted by atomic mass is 10.1. The van der Waals surface area contributed by atoms with E-state index in [1.807, 2.05) is 60.9 Å². The maximum Gasteiger partial charge on any atom is 0.215 e. The Hall–Kier alpha value is -2.33. The molecule has 0 aliphatic rings. The van der Waals surface area contributed by atoms with Gasteiger partial charge in [0.05, 0.1) is 23.9 Å². The number of ether oxygens (including phenoxy) is 1. The Morgan fingerprint density at radius 2 is 2.00 bits per heavy atom. The Labute approximate surface area is 123 Å². The largest absolute Gasteiger partial charge is 0.463 e. The number of fused-ring (bicyclic) bond motifs is 1. The summed E-state index contributed by atoms with van der Waals surface area (Å²) >= 11 is 0. The zero-order chi connectivity index (χ0) is 14.8. The number of aromatic nitrogens is 2. The van der Waals surface area contributed by atoms with E-state index in [-0.39, 0.29) is 0 Å². The highest BCUT2D eigenvalue weighted by atomic mass is 16.6. The third-order valence-electron chi connectivity index (χ3n) is 3.49. The Balaban J connectivity index is 1.77. The van der Waals surface area contributed by atoms with Crippen molar-refractivity contribution in [2.75, 3.05) is 0 Å². The van der Waals surface area contributed by atoms with Crippen LogP contribution >= 0.6 is 0 Å². The molecule has 4 heteroatoms. The molecule has 1 heterocycles. The normalized spacial score (nSPS) is 12.5. The van der Waals surface area contributed by atoms with Gasteiger partial charge in [-0.15, -0.1) is 0 Å². The highest BCUT2D eigenvalue weighted by Crippen LogP contribution is 2.21. The van der Waals surface area contributed by atoms with Gasteiger partial charge >= 0.3 is 0 Å². The summed E-state index contributed by atoms with van der Waals surface area (Å²) in [6.45, 7) is 4.31. The van der Waals surface area contributed by atoms with E-state index in [0.717, 1.165) is 22.2 Å².